The Morgan fingerprint density at radius 2 is 2.00 bits per heavy atom. The molecule has 0 spiro atoms. The molecule has 0 bridgehead atoms. The first-order chi connectivity index (χ1) is 12.1. The van der Waals surface area contributed by atoms with Crippen molar-refractivity contribution in [1.29, 1.82) is 0 Å². The Bertz CT molecular complexity index is 765. The van der Waals surface area contributed by atoms with E-state index in [2.05, 4.69) is 31.1 Å². The molecule has 0 saturated carbocycles. The van der Waals surface area contributed by atoms with Gasteiger partial charge in [0.1, 0.15) is 11.4 Å². The third-order valence-corrected chi connectivity index (χ3v) is 5.05. The number of para-hydroxylation sites is 1. The molecule has 2 aliphatic heterocycles. The summed E-state index contributed by atoms with van der Waals surface area (Å²) in [5.74, 6) is 1.68. The molecule has 2 aromatic carbocycles. The van der Waals surface area contributed by atoms with Gasteiger partial charge in [-0.3, -0.25) is 4.84 Å². The number of nitrogens with zero attached hydrogens (tertiary/aromatic N) is 2. The quantitative estimate of drug-likeness (QED) is 0.764. The zero-order valence-electron chi connectivity index (χ0n) is 14.6. The number of hydrogen-bond donors (Lipinski definition) is 0. The highest BCUT2D eigenvalue weighted by atomic mass is 35.5. The molecular weight excluding hydrogens is 336 g/mol. The maximum atomic E-state index is 6.34. The second-order valence-electron chi connectivity index (χ2n) is 7.00. The molecule has 0 unspecified atom stereocenters. The molecule has 0 aromatic heterocycles. The van der Waals surface area contributed by atoms with E-state index < -0.39 is 0 Å². The number of fused-ring (bicyclic) bond motifs is 5. The minimum atomic E-state index is 0.153. The van der Waals surface area contributed by atoms with Crippen molar-refractivity contribution in [3.8, 4) is 11.5 Å². The number of halogens is 1. The highest BCUT2D eigenvalue weighted by Crippen LogP contribution is 2.50. The lowest BCUT2D eigenvalue weighted by Gasteiger charge is -2.23. The number of benzene rings is 2. The molecule has 1 fully saturated rings. The molecule has 0 N–H and O–H groups in total. The number of anilines is 1. The van der Waals surface area contributed by atoms with E-state index in [0.717, 1.165) is 43.0 Å². The first kappa shape index (κ1) is 16.7. The SMILES string of the molecule is CN(C)CCC[C@@H]1C[C@@H]2c3ccccc3Oc3ccc(Cl)cc3N2O1. The number of rotatable bonds is 4. The summed E-state index contributed by atoms with van der Waals surface area (Å²) in [6.45, 7) is 1.08. The van der Waals surface area contributed by atoms with E-state index in [1.165, 1.54) is 5.56 Å². The third-order valence-electron chi connectivity index (χ3n) is 4.82. The van der Waals surface area contributed by atoms with E-state index in [0.29, 0.717) is 5.02 Å². The lowest BCUT2D eigenvalue weighted by Crippen LogP contribution is -2.21. The fourth-order valence-corrected chi connectivity index (χ4v) is 3.79. The monoisotopic (exact) mass is 358 g/mol. The third kappa shape index (κ3) is 3.34. The molecule has 2 aromatic rings. The van der Waals surface area contributed by atoms with Gasteiger partial charge in [0.2, 0.25) is 0 Å². The van der Waals surface area contributed by atoms with Gasteiger partial charge < -0.3 is 9.64 Å². The number of hydrogen-bond acceptors (Lipinski definition) is 4. The van der Waals surface area contributed by atoms with Crippen LogP contribution in [0.2, 0.25) is 5.02 Å². The molecule has 2 aliphatic rings. The van der Waals surface area contributed by atoms with Gasteiger partial charge in [0.15, 0.2) is 5.75 Å². The minimum absolute atomic E-state index is 0.153. The van der Waals surface area contributed by atoms with Crippen LogP contribution in [0.15, 0.2) is 42.5 Å². The Hall–Kier alpha value is -1.75. The van der Waals surface area contributed by atoms with Gasteiger partial charge >= 0.3 is 0 Å². The van der Waals surface area contributed by atoms with Gasteiger partial charge in [0.05, 0.1) is 12.1 Å². The molecular formula is C20H23ClN2O2. The van der Waals surface area contributed by atoms with Crippen molar-refractivity contribution in [2.45, 2.75) is 31.4 Å². The van der Waals surface area contributed by atoms with Crippen molar-refractivity contribution in [2.75, 3.05) is 25.7 Å². The van der Waals surface area contributed by atoms with Crippen LogP contribution < -0.4 is 9.80 Å². The average molecular weight is 359 g/mol. The lowest BCUT2D eigenvalue weighted by molar-refractivity contribution is 0.0749. The normalized spacial score (nSPS) is 21.4. The van der Waals surface area contributed by atoms with Crippen LogP contribution >= 0.6 is 11.6 Å². The Labute approximate surface area is 153 Å². The van der Waals surface area contributed by atoms with Crippen molar-refractivity contribution >= 4 is 17.3 Å². The molecule has 4 rings (SSSR count). The summed E-state index contributed by atoms with van der Waals surface area (Å²) in [7, 11) is 4.21. The molecule has 1 saturated heterocycles. The Balaban J connectivity index is 1.66. The van der Waals surface area contributed by atoms with Gasteiger partial charge in [-0.2, -0.15) is 0 Å². The van der Waals surface area contributed by atoms with Crippen LogP contribution in [0.4, 0.5) is 5.69 Å². The molecule has 2 atom stereocenters. The average Bonchev–Trinajstić information content (AvgIpc) is 2.95. The first-order valence-corrected chi connectivity index (χ1v) is 9.16. The van der Waals surface area contributed by atoms with Crippen molar-refractivity contribution in [1.82, 2.24) is 4.90 Å². The van der Waals surface area contributed by atoms with Crippen molar-refractivity contribution in [3.63, 3.8) is 0 Å². The van der Waals surface area contributed by atoms with Gasteiger partial charge in [-0.05, 0) is 57.7 Å². The molecule has 2 heterocycles. The van der Waals surface area contributed by atoms with Crippen LogP contribution in [0.25, 0.3) is 0 Å². The number of ether oxygens (including phenoxy) is 1. The second-order valence-corrected chi connectivity index (χ2v) is 7.44. The van der Waals surface area contributed by atoms with Gasteiger partial charge in [0.25, 0.3) is 0 Å². The Morgan fingerprint density at radius 1 is 1.16 bits per heavy atom. The van der Waals surface area contributed by atoms with Gasteiger partial charge in [0, 0.05) is 17.0 Å². The van der Waals surface area contributed by atoms with Gasteiger partial charge in [-0.15, -0.1) is 0 Å². The Morgan fingerprint density at radius 3 is 2.84 bits per heavy atom. The maximum Gasteiger partial charge on any atom is 0.153 e. The van der Waals surface area contributed by atoms with Gasteiger partial charge in [-0.25, -0.2) is 5.06 Å². The van der Waals surface area contributed by atoms with E-state index in [1.807, 2.05) is 35.4 Å². The standard InChI is InChI=1S/C20H23ClN2O2/c1-22(2)11-5-6-15-13-17-16-7-3-4-8-19(16)24-20-10-9-14(21)12-18(20)23(17)25-15/h3-4,7-10,12,15,17H,5-6,11,13H2,1-2H3/t15-,17-/m1/s1. The first-order valence-electron chi connectivity index (χ1n) is 8.79. The lowest BCUT2D eigenvalue weighted by atomic mass is 9.98. The molecule has 4 nitrogen and oxygen atoms in total. The molecule has 0 aliphatic carbocycles. The van der Waals surface area contributed by atoms with Crippen LogP contribution in [0.1, 0.15) is 30.9 Å². The summed E-state index contributed by atoms with van der Waals surface area (Å²) < 4.78 is 6.15. The molecule has 0 amide bonds. The summed E-state index contributed by atoms with van der Waals surface area (Å²) >= 11 is 6.24. The zero-order chi connectivity index (χ0) is 17.4. The summed E-state index contributed by atoms with van der Waals surface area (Å²) in [6, 6.07) is 14.1. The minimum Gasteiger partial charge on any atom is -0.455 e. The maximum absolute atomic E-state index is 6.34. The summed E-state index contributed by atoms with van der Waals surface area (Å²) in [5, 5.41) is 2.69. The smallest absolute Gasteiger partial charge is 0.153 e. The zero-order valence-corrected chi connectivity index (χ0v) is 15.4. The number of hydroxylamine groups is 1. The van der Waals surface area contributed by atoms with Crippen LogP contribution in [-0.2, 0) is 4.84 Å². The topological polar surface area (TPSA) is 24.9 Å². The van der Waals surface area contributed by atoms with Crippen LogP contribution in [0.3, 0.4) is 0 Å². The van der Waals surface area contributed by atoms with E-state index in [-0.39, 0.29) is 12.1 Å². The fourth-order valence-electron chi connectivity index (χ4n) is 3.62. The highest BCUT2D eigenvalue weighted by molar-refractivity contribution is 6.30. The highest BCUT2D eigenvalue weighted by Gasteiger charge is 2.39. The van der Waals surface area contributed by atoms with Crippen molar-refractivity contribution in [3.05, 3.63) is 53.1 Å². The molecule has 5 heteroatoms. The molecule has 0 radical (unpaired) electrons. The van der Waals surface area contributed by atoms with E-state index >= 15 is 0 Å². The summed E-state index contributed by atoms with van der Waals surface area (Å²) in [4.78, 5) is 8.56. The Kier molecular flexibility index (Phi) is 4.59. The predicted octanol–water partition coefficient (Wildman–Crippen LogP) is 5.04. The van der Waals surface area contributed by atoms with Crippen LogP contribution in [-0.4, -0.2) is 31.6 Å². The molecule has 132 valence electrons. The largest absolute Gasteiger partial charge is 0.455 e. The summed E-state index contributed by atoms with van der Waals surface area (Å²) in [6.07, 6.45) is 3.34. The van der Waals surface area contributed by atoms with Gasteiger partial charge in [-0.1, -0.05) is 29.8 Å². The van der Waals surface area contributed by atoms with E-state index in [1.54, 1.807) is 0 Å². The predicted molar refractivity (Wildman–Crippen MR) is 100 cm³/mol. The van der Waals surface area contributed by atoms with E-state index in [9.17, 15) is 0 Å². The second kappa shape index (κ2) is 6.87. The fraction of sp³-hybridized carbons (Fsp3) is 0.400. The van der Waals surface area contributed by atoms with Crippen molar-refractivity contribution in [2.24, 2.45) is 0 Å². The van der Waals surface area contributed by atoms with Crippen LogP contribution in [0, 0.1) is 0 Å². The van der Waals surface area contributed by atoms with Crippen LogP contribution in [0.5, 0.6) is 11.5 Å². The van der Waals surface area contributed by atoms with E-state index in [4.69, 9.17) is 21.2 Å². The van der Waals surface area contributed by atoms with Crippen molar-refractivity contribution < 1.29 is 9.57 Å². The summed E-state index contributed by atoms with van der Waals surface area (Å²) in [5.41, 5.74) is 2.08. The molecule has 25 heavy (non-hydrogen) atoms.